The minimum atomic E-state index is -0.768. The molecule has 328 valence electrons. The van der Waals surface area contributed by atoms with Crippen LogP contribution in [0.3, 0.4) is 0 Å². The number of anilines is 6. The van der Waals surface area contributed by atoms with Crippen molar-refractivity contribution in [3.8, 4) is 0 Å². The maximum absolute atomic E-state index is 14.8. The third-order valence-corrected chi connectivity index (χ3v) is 11.0. The van der Waals surface area contributed by atoms with Crippen LogP contribution in [0.25, 0.3) is 0 Å². The Labute approximate surface area is 371 Å². The minimum Gasteiger partial charge on any atom is -0.444 e. The van der Waals surface area contributed by atoms with E-state index in [0.29, 0.717) is 52.5 Å². The number of aryl methyl sites for hydroxylation is 2. The SMILES string of the molecule is CC(C)(C)OC(=O)Nc1ccc2c(c1)N(C(=O)CN1C(=O)C=C(C3Cc4ccccc4N(C(=O)Cn4cccc4)c4cc(NC(=O)OC(C)(C)C)ccc43)C1=O)c1ccccc1CC2. The third kappa shape index (κ3) is 9.17. The van der Waals surface area contributed by atoms with Crippen LogP contribution in [-0.4, -0.2) is 63.0 Å². The van der Waals surface area contributed by atoms with Crippen molar-refractivity contribution in [2.75, 3.05) is 27.0 Å². The molecule has 5 aromatic rings. The number of nitrogens with zero attached hydrogens (tertiary/aromatic N) is 4. The van der Waals surface area contributed by atoms with Gasteiger partial charge in [-0.15, -0.1) is 0 Å². The van der Waals surface area contributed by atoms with Crippen molar-refractivity contribution in [3.05, 3.63) is 143 Å². The van der Waals surface area contributed by atoms with E-state index in [-0.39, 0.29) is 24.4 Å². The molecule has 0 spiro atoms. The minimum absolute atomic E-state index is 0.00746. The molecule has 1 atom stereocenters. The highest BCUT2D eigenvalue weighted by Gasteiger charge is 2.42. The number of carbonyl (C=O) groups excluding carboxylic acids is 6. The number of carbonyl (C=O) groups is 6. The number of hydrogen-bond donors (Lipinski definition) is 2. The van der Waals surface area contributed by atoms with Gasteiger partial charge in [-0.05, 0) is 132 Å². The van der Waals surface area contributed by atoms with Gasteiger partial charge in [-0.1, -0.05) is 48.5 Å². The van der Waals surface area contributed by atoms with Crippen molar-refractivity contribution < 1.29 is 38.2 Å². The first-order valence-corrected chi connectivity index (χ1v) is 21.2. The number of amides is 6. The molecule has 0 fully saturated rings. The summed E-state index contributed by atoms with van der Waals surface area (Å²) < 4.78 is 12.8. The molecular weight excluding hydrogens is 813 g/mol. The van der Waals surface area contributed by atoms with Gasteiger partial charge < -0.3 is 14.0 Å². The molecule has 0 saturated heterocycles. The van der Waals surface area contributed by atoms with Gasteiger partial charge in [0.05, 0.1) is 22.7 Å². The highest BCUT2D eigenvalue weighted by atomic mass is 16.6. The zero-order valence-corrected chi connectivity index (χ0v) is 36.6. The summed E-state index contributed by atoms with van der Waals surface area (Å²) in [5.74, 6) is -2.85. The van der Waals surface area contributed by atoms with Gasteiger partial charge in [0.15, 0.2) is 0 Å². The molecule has 14 nitrogen and oxygen atoms in total. The molecule has 1 aromatic heterocycles. The molecule has 0 radical (unpaired) electrons. The van der Waals surface area contributed by atoms with Crippen molar-refractivity contribution in [3.63, 3.8) is 0 Å². The van der Waals surface area contributed by atoms with Gasteiger partial charge >= 0.3 is 12.2 Å². The summed E-state index contributed by atoms with van der Waals surface area (Å²) in [5, 5.41) is 5.55. The number of hydrogen-bond acceptors (Lipinski definition) is 8. The van der Waals surface area contributed by atoms with E-state index >= 15 is 0 Å². The van der Waals surface area contributed by atoms with E-state index in [1.807, 2.05) is 66.7 Å². The fourth-order valence-electron chi connectivity index (χ4n) is 8.37. The van der Waals surface area contributed by atoms with Crippen molar-refractivity contribution in [1.82, 2.24) is 9.47 Å². The molecule has 64 heavy (non-hydrogen) atoms. The van der Waals surface area contributed by atoms with Crippen LogP contribution in [0, 0.1) is 0 Å². The van der Waals surface area contributed by atoms with Crippen LogP contribution >= 0.6 is 0 Å². The second-order valence-electron chi connectivity index (χ2n) is 18.0. The lowest BCUT2D eigenvalue weighted by atomic mass is 9.85. The lowest BCUT2D eigenvalue weighted by molar-refractivity contribution is -0.140. The van der Waals surface area contributed by atoms with Crippen LogP contribution in [0.1, 0.15) is 69.7 Å². The van der Waals surface area contributed by atoms with Crippen LogP contribution in [0.5, 0.6) is 0 Å². The zero-order chi connectivity index (χ0) is 45.5. The predicted octanol–water partition coefficient (Wildman–Crippen LogP) is 8.95. The first kappa shape index (κ1) is 43.2. The smallest absolute Gasteiger partial charge is 0.412 e. The number of nitrogens with one attached hydrogen (secondary N) is 2. The fourth-order valence-corrected chi connectivity index (χ4v) is 8.37. The number of imide groups is 1. The summed E-state index contributed by atoms with van der Waals surface area (Å²) in [6.45, 7) is 9.97. The van der Waals surface area contributed by atoms with Crippen LogP contribution in [0.4, 0.5) is 43.7 Å². The summed E-state index contributed by atoms with van der Waals surface area (Å²) in [7, 11) is 0. The molecule has 14 heteroatoms. The van der Waals surface area contributed by atoms with E-state index in [1.165, 1.54) is 11.0 Å². The van der Waals surface area contributed by atoms with Crippen LogP contribution < -0.4 is 20.4 Å². The third-order valence-electron chi connectivity index (χ3n) is 11.0. The second kappa shape index (κ2) is 17.0. The molecule has 3 aliphatic rings. The molecule has 6 amide bonds. The van der Waals surface area contributed by atoms with Gasteiger partial charge in [-0.25, -0.2) is 9.59 Å². The van der Waals surface area contributed by atoms with Crippen molar-refractivity contribution in [1.29, 1.82) is 0 Å². The number of para-hydroxylation sites is 2. The lowest BCUT2D eigenvalue weighted by Crippen LogP contribution is -2.42. The Bertz CT molecular complexity index is 2730. The Balaban J connectivity index is 1.14. The Kier molecular flexibility index (Phi) is 11.5. The number of rotatable bonds is 7. The van der Waals surface area contributed by atoms with Gasteiger partial charge in [-0.2, -0.15) is 0 Å². The summed E-state index contributed by atoms with van der Waals surface area (Å²) in [5.41, 5.74) is 4.55. The van der Waals surface area contributed by atoms with Gasteiger partial charge in [0.1, 0.15) is 24.3 Å². The molecule has 3 aliphatic heterocycles. The average Bonchev–Trinajstić information content (AvgIpc) is 3.73. The molecule has 0 aliphatic carbocycles. The highest BCUT2D eigenvalue weighted by molar-refractivity contribution is 6.20. The van der Waals surface area contributed by atoms with Crippen LogP contribution in [0.15, 0.2) is 121 Å². The monoisotopic (exact) mass is 862 g/mol. The predicted molar refractivity (Wildman–Crippen MR) is 243 cm³/mol. The summed E-state index contributed by atoms with van der Waals surface area (Å²) >= 11 is 0. The lowest BCUT2D eigenvalue weighted by Gasteiger charge is -2.28. The molecule has 2 N–H and O–H groups in total. The average molecular weight is 863 g/mol. The van der Waals surface area contributed by atoms with E-state index in [9.17, 15) is 28.8 Å². The van der Waals surface area contributed by atoms with Gasteiger partial charge in [-0.3, -0.25) is 44.5 Å². The van der Waals surface area contributed by atoms with E-state index < -0.39 is 53.6 Å². The first-order chi connectivity index (χ1) is 30.4. The Morgan fingerprint density at radius 2 is 1.12 bits per heavy atom. The van der Waals surface area contributed by atoms with E-state index in [1.54, 1.807) is 93.7 Å². The summed E-state index contributed by atoms with van der Waals surface area (Å²) in [6.07, 6.45) is 4.98. The molecule has 0 saturated carbocycles. The maximum Gasteiger partial charge on any atom is 0.412 e. The molecule has 4 aromatic carbocycles. The number of fused-ring (bicyclic) bond motifs is 4. The molecule has 8 rings (SSSR count). The van der Waals surface area contributed by atoms with Crippen LogP contribution in [0.2, 0.25) is 0 Å². The Morgan fingerprint density at radius 1 is 0.609 bits per heavy atom. The van der Waals surface area contributed by atoms with Crippen molar-refractivity contribution in [2.45, 2.75) is 84.5 Å². The molecule has 0 bridgehead atoms. The summed E-state index contributed by atoms with van der Waals surface area (Å²) in [4.78, 5) is 87.8. The quantitative estimate of drug-likeness (QED) is 0.154. The van der Waals surface area contributed by atoms with Crippen molar-refractivity contribution in [2.24, 2.45) is 0 Å². The second-order valence-corrected chi connectivity index (χ2v) is 18.0. The van der Waals surface area contributed by atoms with Crippen molar-refractivity contribution >= 4 is 69.9 Å². The number of benzene rings is 4. The standard InChI is InChI=1S/C50H50N6O8/c1-49(2,3)63-47(61)51-34-20-19-32-18-17-31-13-7-9-15-39(31)55(41(32)26-34)45(59)30-54-43(57)28-38(46(54)60)37-25-33-14-8-10-16-40(33)56(44(58)29-53-23-11-12-24-53)42-27-35(21-22-36(37)42)52-48(62)64-50(4,5)6/h7-16,19-24,26-28,37H,17-18,25,29-30H2,1-6H3,(H,51,61)(H,52,62). The topological polar surface area (TPSA) is 160 Å². The maximum atomic E-state index is 14.8. The Hall–Kier alpha value is -7.48. The summed E-state index contributed by atoms with van der Waals surface area (Å²) in [6, 6.07) is 28.9. The molecule has 1 unspecified atom stereocenters. The van der Waals surface area contributed by atoms with E-state index in [4.69, 9.17) is 9.47 Å². The largest absolute Gasteiger partial charge is 0.444 e. The van der Waals surface area contributed by atoms with E-state index in [2.05, 4.69) is 10.6 Å². The molecule has 4 heterocycles. The normalized spacial score (nSPS) is 15.8. The van der Waals surface area contributed by atoms with Gasteiger partial charge in [0.25, 0.3) is 23.6 Å². The van der Waals surface area contributed by atoms with Gasteiger partial charge in [0, 0.05) is 41.3 Å². The number of ether oxygens (including phenoxy) is 2. The first-order valence-electron chi connectivity index (χ1n) is 21.2. The highest BCUT2D eigenvalue weighted by Crippen LogP contribution is 2.46. The van der Waals surface area contributed by atoms with Crippen LogP contribution in [-0.2, 0) is 54.5 Å². The zero-order valence-electron chi connectivity index (χ0n) is 36.6. The Morgan fingerprint density at radius 3 is 1.75 bits per heavy atom. The van der Waals surface area contributed by atoms with E-state index in [0.717, 1.165) is 21.6 Å². The fraction of sp³-hybridized carbons (Fsp3) is 0.280. The van der Waals surface area contributed by atoms with Gasteiger partial charge in [0.2, 0.25) is 0 Å². The number of aromatic nitrogens is 1. The molecular formula is C50H50N6O8.